The van der Waals surface area contributed by atoms with E-state index in [4.69, 9.17) is 4.74 Å². The number of carbonyl (C=O) groups excluding carboxylic acids is 1. The quantitative estimate of drug-likeness (QED) is 0.834. The molecule has 128 valence electrons. The molecule has 1 aliphatic rings. The van der Waals surface area contributed by atoms with Crippen LogP contribution in [0, 0.1) is 0 Å². The second-order valence-electron chi connectivity index (χ2n) is 6.14. The molecule has 1 amide bonds. The fourth-order valence-corrected chi connectivity index (χ4v) is 2.52. The maximum absolute atomic E-state index is 11.3. The summed E-state index contributed by atoms with van der Waals surface area (Å²) in [6.45, 7) is 6.49. The number of β-amino-alcohol motifs (C(OH)–C–C–N with tert-alkyl or cyclic N) is 1. The van der Waals surface area contributed by atoms with Gasteiger partial charge in [0.25, 0.3) is 0 Å². The van der Waals surface area contributed by atoms with E-state index in [0.29, 0.717) is 12.3 Å². The van der Waals surface area contributed by atoms with Gasteiger partial charge in [-0.3, -0.25) is 9.69 Å². The molecule has 1 aromatic rings. The van der Waals surface area contributed by atoms with Crippen molar-refractivity contribution in [1.82, 2.24) is 9.80 Å². The molecule has 0 unspecified atom stereocenters. The number of carbonyl (C=O) groups is 1. The maximum Gasteiger partial charge on any atom is 0.223 e. The summed E-state index contributed by atoms with van der Waals surface area (Å²) in [5.41, 5.74) is 0.822. The van der Waals surface area contributed by atoms with Crippen molar-refractivity contribution < 1.29 is 14.6 Å². The van der Waals surface area contributed by atoms with Crippen LogP contribution in [0.5, 0.6) is 5.75 Å². The number of aliphatic hydroxyl groups excluding tert-OH is 1. The molecule has 0 saturated carbocycles. The van der Waals surface area contributed by atoms with Gasteiger partial charge in [-0.25, -0.2) is 0 Å². The predicted octanol–water partition coefficient (Wildman–Crippen LogP) is 0.656. The van der Waals surface area contributed by atoms with Crippen molar-refractivity contribution in [2.45, 2.75) is 13.0 Å². The lowest BCUT2D eigenvalue weighted by Crippen LogP contribution is -2.47. The zero-order valence-electron chi connectivity index (χ0n) is 14.2. The van der Waals surface area contributed by atoms with Crippen molar-refractivity contribution in [2.24, 2.45) is 0 Å². The van der Waals surface area contributed by atoms with Crippen LogP contribution in [0.25, 0.3) is 0 Å². The van der Waals surface area contributed by atoms with Gasteiger partial charge in [-0.1, -0.05) is 0 Å². The van der Waals surface area contributed by atoms with E-state index in [1.807, 2.05) is 24.3 Å². The summed E-state index contributed by atoms with van der Waals surface area (Å²) in [7, 11) is 3.85. The third-order valence-electron chi connectivity index (χ3n) is 4.20. The number of amides is 1. The molecule has 0 bridgehead atoms. The molecule has 1 atom stereocenters. The van der Waals surface area contributed by atoms with Gasteiger partial charge >= 0.3 is 0 Å². The summed E-state index contributed by atoms with van der Waals surface area (Å²) in [6.07, 6.45) is -0.502. The van der Waals surface area contributed by atoms with Crippen LogP contribution < -0.4 is 9.64 Å². The van der Waals surface area contributed by atoms with Crippen LogP contribution in [-0.4, -0.2) is 80.3 Å². The molecule has 6 nitrogen and oxygen atoms in total. The number of rotatable bonds is 6. The molecular formula is C17H27N3O3. The Morgan fingerprint density at radius 1 is 1.26 bits per heavy atom. The zero-order valence-corrected chi connectivity index (χ0v) is 14.2. The van der Waals surface area contributed by atoms with Crippen molar-refractivity contribution in [3.63, 3.8) is 0 Å². The molecule has 1 heterocycles. The highest BCUT2D eigenvalue weighted by Gasteiger charge is 2.17. The fourth-order valence-electron chi connectivity index (χ4n) is 2.52. The van der Waals surface area contributed by atoms with Crippen LogP contribution in [-0.2, 0) is 4.79 Å². The van der Waals surface area contributed by atoms with E-state index in [1.54, 1.807) is 11.9 Å². The summed E-state index contributed by atoms with van der Waals surface area (Å²) < 4.78 is 5.64. The summed E-state index contributed by atoms with van der Waals surface area (Å²) in [6, 6.07) is 7.31. The van der Waals surface area contributed by atoms with E-state index < -0.39 is 6.10 Å². The molecule has 1 fully saturated rings. The van der Waals surface area contributed by atoms with Crippen LogP contribution in [0.3, 0.4) is 0 Å². The first-order valence-electron chi connectivity index (χ1n) is 8.02. The minimum absolute atomic E-state index is 0.0127. The van der Waals surface area contributed by atoms with Crippen molar-refractivity contribution >= 4 is 11.6 Å². The van der Waals surface area contributed by atoms with Gasteiger partial charge in [0, 0.05) is 52.4 Å². The van der Waals surface area contributed by atoms with Gasteiger partial charge in [0.05, 0.1) is 0 Å². The largest absolute Gasteiger partial charge is 0.491 e. The minimum Gasteiger partial charge on any atom is -0.491 e. The van der Waals surface area contributed by atoms with Gasteiger partial charge < -0.3 is 19.6 Å². The molecule has 1 aliphatic heterocycles. The second kappa shape index (κ2) is 8.29. The lowest BCUT2D eigenvalue weighted by Gasteiger charge is -2.33. The number of benzene rings is 1. The molecule has 0 aliphatic carbocycles. The average Bonchev–Trinajstić information content (AvgIpc) is 2.55. The molecule has 0 radical (unpaired) electrons. The predicted molar refractivity (Wildman–Crippen MR) is 91.0 cm³/mol. The zero-order chi connectivity index (χ0) is 16.8. The number of aliphatic hydroxyl groups is 1. The molecule has 0 aromatic heterocycles. The van der Waals surface area contributed by atoms with E-state index in [-0.39, 0.29) is 12.5 Å². The van der Waals surface area contributed by atoms with Crippen LogP contribution in [0.2, 0.25) is 0 Å². The molecular weight excluding hydrogens is 294 g/mol. The lowest BCUT2D eigenvalue weighted by atomic mass is 10.2. The maximum atomic E-state index is 11.3. The topological polar surface area (TPSA) is 56.3 Å². The average molecular weight is 321 g/mol. The van der Waals surface area contributed by atoms with E-state index in [2.05, 4.69) is 16.8 Å². The number of piperazine rings is 1. The standard InChI is InChI=1S/C17H27N3O3/c1-14(21)19(3)15-4-6-17(7-5-15)23-13-16(22)12-20-10-8-18(2)9-11-20/h4-7,16,22H,8-13H2,1-3H3/t16-/m0/s1. The first kappa shape index (κ1) is 17.7. The SMILES string of the molecule is CC(=O)N(C)c1ccc(OC[C@@H](O)CN2CCN(C)CC2)cc1. The van der Waals surface area contributed by atoms with Gasteiger partial charge in [-0.15, -0.1) is 0 Å². The number of hydrogen-bond acceptors (Lipinski definition) is 5. The van der Waals surface area contributed by atoms with E-state index >= 15 is 0 Å². The highest BCUT2D eigenvalue weighted by Crippen LogP contribution is 2.18. The van der Waals surface area contributed by atoms with Gasteiger partial charge in [0.2, 0.25) is 5.91 Å². The molecule has 0 spiro atoms. The van der Waals surface area contributed by atoms with E-state index in [1.165, 1.54) is 6.92 Å². The number of likely N-dealkylation sites (N-methyl/N-ethyl adjacent to an activating group) is 1. The van der Waals surface area contributed by atoms with E-state index in [9.17, 15) is 9.90 Å². The molecule has 23 heavy (non-hydrogen) atoms. The summed E-state index contributed by atoms with van der Waals surface area (Å²) in [5, 5.41) is 10.1. The van der Waals surface area contributed by atoms with E-state index in [0.717, 1.165) is 31.9 Å². The number of hydrogen-bond donors (Lipinski definition) is 1. The molecule has 1 saturated heterocycles. The third kappa shape index (κ3) is 5.49. The van der Waals surface area contributed by atoms with Crippen molar-refractivity contribution in [1.29, 1.82) is 0 Å². The van der Waals surface area contributed by atoms with Gasteiger partial charge in [-0.2, -0.15) is 0 Å². The Morgan fingerprint density at radius 2 is 1.87 bits per heavy atom. The Morgan fingerprint density at radius 3 is 2.43 bits per heavy atom. The third-order valence-corrected chi connectivity index (χ3v) is 4.20. The molecule has 1 N–H and O–H groups in total. The van der Waals surface area contributed by atoms with Crippen molar-refractivity contribution in [3.05, 3.63) is 24.3 Å². The van der Waals surface area contributed by atoms with Crippen LogP contribution in [0.1, 0.15) is 6.92 Å². The Kier molecular flexibility index (Phi) is 6.38. The van der Waals surface area contributed by atoms with Crippen molar-refractivity contribution in [3.8, 4) is 5.75 Å². The molecule has 2 rings (SSSR count). The van der Waals surface area contributed by atoms with Gasteiger partial charge in [0.15, 0.2) is 0 Å². The second-order valence-corrected chi connectivity index (χ2v) is 6.14. The van der Waals surface area contributed by atoms with Crippen LogP contribution in [0.4, 0.5) is 5.69 Å². The Hall–Kier alpha value is -1.63. The Balaban J connectivity index is 1.75. The van der Waals surface area contributed by atoms with Gasteiger partial charge in [-0.05, 0) is 31.3 Å². The minimum atomic E-state index is -0.502. The number of anilines is 1. The summed E-state index contributed by atoms with van der Waals surface area (Å²) in [4.78, 5) is 17.4. The first-order valence-corrected chi connectivity index (χ1v) is 8.02. The molecule has 6 heteroatoms. The summed E-state index contributed by atoms with van der Waals surface area (Å²) in [5.74, 6) is 0.685. The smallest absolute Gasteiger partial charge is 0.223 e. The highest BCUT2D eigenvalue weighted by molar-refractivity contribution is 5.90. The van der Waals surface area contributed by atoms with Crippen molar-refractivity contribution in [2.75, 3.05) is 58.3 Å². The van der Waals surface area contributed by atoms with Crippen LogP contribution in [0.15, 0.2) is 24.3 Å². The monoisotopic (exact) mass is 321 g/mol. The highest BCUT2D eigenvalue weighted by atomic mass is 16.5. The normalized spacial score (nSPS) is 17.7. The number of ether oxygens (including phenoxy) is 1. The lowest BCUT2D eigenvalue weighted by molar-refractivity contribution is -0.116. The van der Waals surface area contributed by atoms with Gasteiger partial charge in [0.1, 0.15) is 18.5 Å². The Bertz CT molecular complexity index is 498. The Labute approximate surface area is 138 Å². The summed E-state index contributed by atoms with van der Waals surface area (Å²) >= 11 is 0. The fraction of sp³-hybridized carbons (Fsp3) is 0.588. The number of nitrogens with zero attached hydrogens (tertiary/aromatic N) is 3. The van der Waals surface area contributed by atoms with Crippen LogP contribution >= 0.6 is 0 Å². The molecule has 1 aromatic carbocycles. The first-order chi connectivity index (χ1) is 11.0.